The number of aryl methyl sites for hydroxylation is 1. The van der Waals surface area contributed by atoms with Crippen molar-refractivity contribution in [2.45, 2.75) is 19.9 Å². The molecule has 0 radical (unpaired) electrons. The van der Waals surface area contributed by atoms with Crippen molar-refractivity contribution >= 4 is 5.65 Å². The van der Waals surface area contributed by atoms with Gasteiger partial charge in [-0.2, -0.15) is 4.40 Å². The Morgan fingerprint density at radius 1 is 1.36 bits per heavy atom. The molecule has 72 valence electrons. The number of nitrogens with zero attached hydrogens (tertiary/aromatic N) is 2. The summed E-state index contributed by atoms with van der Waals surface area (Å²) in [4.78, 5) is 11.5. The number of rotatable bonds is 2. The van der Waals surface area contributed by atoms with Gasteiger partial charge in [-0.05, 0) is 12.5 Å². The van der Waals surface area contributed by atoms with E-state index in [2.05, 4.69) is 11.5 Å². The van der Waals surface area contributed by atoms with Crippen molar-refractivity contribution in [2.24, 2.45) is 0 Å². The lowest BCUT2D eigenvalue weighted by molar-refractivity contribution is -0.674. The molecule has 0 aliphatic carbocycles. The number of fused-ring (bicyclic) bond motifs is 1. The van der Waals surface area contributed by atoms with Gasteiger partial charge < -0.3 is 0 Å². The molecule has 0 saturated carbocycles. The van der Waals surface area contributed by atoms with Gasteiger partial charge in [-0.15, -0.1) is 0 Å². The van der Waals surface area contributed by atoms with Crippen molar-refractivity contribution in [2.75, 3.05) is 0 Å². The molecule has 3 heteroatoms. The number of pyridine rings is 1. The highest BCUT2D eigenvalue weighted by Gasteiger charge is 2.07. The van der Waals surface area contributed by atoms with E-state index < -0.39 is 0 Å². The fourth-order valence-corrected chi connectivity index (χ4v) is 1.59. The minimum Gasteiger partial charge on any atom is -0.241 e. The molecule has 3 nitrogen and oxygen atoms in total. The Labute approximate surface area is 82.2 Å². The first kappa shape index (κ1) is 8.94. The third kappa shape index (κ3) is 1.41. The number of hydrogen-bond donors (Lipinski definition) is 0. The summed E-state index contributed by atoms with van der Waals surface area (Å²) in [5.74, 6) is 0. The van der Waals surface area contributed by atoms with Crippen LogP contribution in [0.5, 0.6) is 0 Å². The van der Waals surface area contributed by atoms with Gasteiger partial charge in [0.15, 0.2) is 0 Å². The molecule has 2 heterocycles. The van der Waals surface area contributed by atoms with Crippen LogP contribution in [-0.4, -0.2) is 4.40 Å². The van der Waals surface area contributed by atoms with Crippen molar-refractivity contribution in [3.63, 3.8) is 0 Å². The largest absolute Gasteiger partial charge is 0.342 e. The van der Waals surface area contributed by atoms with Crippen LogP contribution in [0.15, 0.2) is 41.5 Å². The topological polar surface area (TPSA) is 25.4 Å². The molecule has 0 spiro atoms. The van der Waals surface area contributed by atoms with Crippen molar-refractivity contribution in [1.29, 1.82) is 0 Å². The summed E-state index contributed by atoms with van der Waals surface area (Å²) in [5, 5.41) is 0. The monoisotopic (exact) mass is 189 g/mol. The van der Waals surface area contributed by atoms with E-state index >= 15 is 0 Å². The molecule has 0 bridgehead atoms. The number of hydrogen-bond acceptors (Lipinski definition) is 1. The van der Waals surface area contributed by atoms with E-state index in [0.717, 1.165) is 18.6 Å². The van der Waals surface area contributed by atoms with Crippen LogP contribution in [0.1, 0.15) is 13.3 Å². The summed E-state index contributed by atoms with van der Waals surface area (Å²) in [5.41, 5.74) is 0.967. The van der Waals surface area contributed by atoms with Gasteiger partial charge in [0.05, 0.1) is 25.0 Å². The van der Waals surface area contributed by atoms with Gasteiger partial charge in [0, 0.05) is 6.07 Å². The predicted molar refractivity (Wildman–Crippen MR) is 54.2 cm³/mol. The molecule has 14 heavy (non-hydrogen) atoms. The Morgan fingerprint density at radius 3 is 3.00 bits per heavy atom. The van der Waals surface area contributed by atoms with Crippen molar-refractivity contribution in [3.8, 4) is 0 Å². The molecule has 0 aliphatic rings. The van der Waals surface area contributed by atoms with E-state index in [0.29, 0.717) is 0 Å². The molecule has 2 aromatic heterocycles. The molecular weight excluding hydrogens is 176 g/mol. The van der Waals surface area contributed by atoms with E-state index in [9.17, 15) is 4.79 Å². The molecule has 0 unspecified atom stereocenters. The summed E-state index contributed by atoms with van der Waals surface area (Å²) in [6.45, 7) is 3.06. The maximum Gasteiger partial charge on any atom is 0.342 e. The summed E-state index contributed by atoms with van der Waals surface area (Å²) in [7, 11) is 0. The second kappa shape index (κ2) is 3.62. The van der Waals surface area contributed by atoms with Crippen LogP contribution in [0.4, 0.5) is 0 Å². The zero-order valence-corrected chi connectivity index (χ0v) is 8.18. The standard InChI is InChI=1S/C11H13N2O/c1-2-7-12-9-6-11(14)13-8-4-3-5-10(12)13/h3-6,8-9H,2,7H2,1H3/q+1. The average Bonchev–Trinajstić information content (AvgIpc) is 2.23. The van der Waals surface area contributed by atoms with Crippen LogP contribution in [0.25, 0.3) is 5.65 Å². The van der Waals surface area contributed by atoms with E-state index in [1.54, 1.807) is 16.7 Å². The van der Waals surface area contributed by atoms with Gasteiger partial charge in [-0.25, -0.2) is 9.36 Å². The molecular formula is C11H13N2O+. The Bertz CT molecular complexity index is 502. The first-order valence-electron chi connectivity index (χ1n) is 4.83. The summed E-state index contributed by atoms with van der Waals surface area (Å²) < 4.78 is 3.75. The van der Waals surface area contributed by atoms with Crippen LogP contribution in [0, 0.1) is 0 Å². The highest BCUT2D eigenvalue weighted by atomic mass is 16.1. The molecule has 2 aromatic rings. The lowest BCUT2D eigenvalue weighted by atomic mass is 10.4. The quantitative estimate of drug-likeness (QED) is 0.647. The Balaban J connectivity index is 2.75. The van der Waals surface area contributed by atoms with Crippen LogP contribution in [0.3, 0.4) is 0 Å². The summed E-state index contributed by atoms with van der Waals surface area (Å²) in [6, 6.07) is 7.37. The summed E-state index contributed by atoms with van der Waals surface area (Å²) in [6.07, 6.45) is 4.71. The fourth-order valence-electron chi connectivity index (χ4n) is 1.59. The van der Waals surface area contributed by atoms with Gasteiger partial charge in [0.25, 0.3) is 5.65 Å². The van der Waals surface area contributed by atoms with E-state index in [1.807, 2.05) is 24.4 Å². The normalized spacial score (nSPS) is 10.6. The van der Waals surface area contributed by atoms with Gasteiger partial charge >= 0.3 is 5.56 Å². The second-order valence-electron chi connectivity index (χ2n) is 3.28. The Hall–Kier alpha value is -1.64. The van der Waals surface area contributed by atoms with Gasteiger partial charge in [-0.1, -0.05) is 13.0 Å². The minimum atomic E-state index is 0.0213. The third-order valence-electron chi connectivity index (χ3n) is 2.23. The molecule has 0 amide bonds. The smallest absolute Gasteiger partial charge is 0.241 e. The van der Waals surface area contributed by atoms with Crippen molar-refractivity contribution in [1.82, 2.24) is 4.40 Å². The second-order valence-corrected chi connectivity index (χ2v) is 3.28. The first-order chi connectivity index (χ1) is 6.83. The Kier molecular flexibility index (Phi) is 2.31. The lowest BCUT2D eigenvalue weighted by Gasteiger charge is -2.00. The Morgan fingerprint density at radius 2 is 2.21 bits per heavy atom. The average molecular weight is 189 g/mol. The highest BCUT2D eigenvalue weighted by molar-refractivity contribution is 5.30. The third-order valence-corrected chi connectivity index (χ3v) is 2.23. The van der Waals surface area contributed by atoms with Gasteiger partial charge in [0.2, 0.25) is 0 Å². The molecule has 0 aliphatic heterocycles. The maximum atomic E-state index is 11.5. The molecule has 0 aromatic carbocycles. The zero-order chi connectivity index (χ0) is 9.97. The SMILES string of the molecule is CCC[n+]1ccc(=O)n2ccccc21. The maximum absolute atomic E-state index is 11.5. The molecule has 2 rings (SSSR count). The lowest BCUT2D eigenvalue weighted by Crippen LogP contribution is -2.38. The molecule has 0 saturated heterocycles. The summed E-state index contributed by atoms with van der Waals surface area (Å²) >= 11 is 0. The highest BCUT2D eigenvalue weighted by Crippen LogP contribution is 1.92. The van der Waals surface area contributed by atoms with Crippen molar-refractivity contribution < 1.29 is 4.57 Å². The van der Waals surface area contributed by atoms with Crippen LogP contribution in [-0.2, 0) is 6.54 Å². The van der Waals surface area contributed by atoms with Crippen LogP contribution >= 0.6 is 0 Å². The molecule has 0 atom stereocenters. The van der Waals surface area contributed by atoms with Crippen molar-refractivity contribution in [3.05, 3.63) is 47.0 Å². The fraction of sp³-hybridized carbons (Fsp3) is 0.273. The van der Waals surface area contributed by atoms with E-state index in [1.165, 1.54) is 0 Å². The minimum absolute atomic E-state index is 0.0213. The molecule has 0 fully saturated rings. The first-order valence-corrected chi connectivity index (χ1v) is 4.83. The van der Waals surface area contributed by atoms with Crippen LogP contribution < -0.4 is 10.1 Å². The van der Waals surface area contributed by atoms with Gasteiger partial charge in [0.1, 0.15) is 0 Å². The molecule has 0 N–H and O–H groups in total. The van der Waals surface area contributed by atoms with E-state index in [-0.39, 0.29) is 5.56 Å². The predicted octanol–water partition coefficient (Wildman–Crippen LogP) is 0.997. The number of aromatic nitrogens is 2. The van der Waals surface area contributed by atoms with Crippen LogP contribution in [0.2, 0.25) is 0 Å². The van der Waals surface area contributed by atoms with E-state index in [4.69, 9.17) is 0 Å². The zero-order valence-electron chi connectivity index (χ0n) is 8.18. The van der Waals surface area contributed by atoms with Gasteiger partial charge in [-0.3, -0.25) is 0 Å².